The molecule has 0 aromatic heterocycles. The lowest BCUT2D eigenvalue weighted by Crippen LogP contribution is -2.41. The van der Waals surface area contributed by atoms with Crippen molar-refractivity contribution in [2.75, 3.05) is 46.2 Å². The van der Waals surface area contributed by atoms with E-state index in [1.165, 1.54) is 31.2 Å². The molecule has 1 aromatic rings. The van der Waals surface area contributed by atoms with Crippen molar-refractivity contribution in [1.82, 2.24) is 15.5 Å². The Balaban J connectivity index is 1.83. The van der Waals surface area contributed by atoms with Gasteiger partial charge in [-0.25, -0.2) is 9.36 Å². The van der Waals surface area contributed by atoms with E-state index in [1.807, 2.05) is 0 Å². The van der Waals surface area contributed by atoms with Crippen molar-refractivity contribution >= 4 is 37.6 Å². The number of amides is 4. The highest BCUT2D eigenvalue weighted by molar-refractivity contribution is 7.46. The number of carbonyl (C=O) groups is 5. The normalized spacial score (nSPS) is 14.4. The van der Waals surface area contributed by atoms with E-state index >= 15 is 0 Å². The van der Waals surface area contributed by atoms with Crippen molar-refractivity contribution in [1.29, 1.82) is 0 Å². The first-order valence-electron chi connectivity index (χ1n) is 15.6. The van der Waals surface area contributed by atoms with Crippen LogP contribution in [0.25, 0.3) is 0 Å². The molecule has 0 aliphatic carbocycles. The molecule has 0 radical (unpaired) electrons. The van der Waals surface area contributed by atoms with Crippen LogP contribution in [0.15, 0.2) is 30.4 Å². The molecule has 0 saturated heterocycles. The molecule has 0 saturated carbocycles. The van der Waals surface area contributed by atoms with Gasteiger partial charge in [0, 0.05) is 36.7 Å². The molecule has 2 rings (SSSR count). The van der Waals surface area contributed by atoms with Crippen LogP contribution in [0.1, 0.15) is 51.7 Å². The number of alkyl carbamates (subject to hydrolysis) is 1. The van der Waals surface area contributed by atoms with Gasteiger partial charge in [0.25, 0.3) is 11.8 Å². The number of phosphoric ester groups is 1. The Morgan fingerprint density at radius 1 is 0.939 bits per heavy atom. The molecule has 2 unspecified atom stereocenters. The predicted molar refractivity (Wildman–Crippen MR) is 172 cm³/mol. The van der Waals surface area contributed by atoms with E-state index < -0.39 is 43.4 Å². The number of ether oxygens (including phenoxy) is 4. The Morgan fingerprint density at radius 3 is 2.10 bits per heavy atom. The van der Waals surface area contributed by atoms with E-state index in [-0.39, 0.29) is 95.1 Å². The van der Waals surface area contributed by atoms with Gasteiger partial charge in [-0.3, -0.25) is 33.9 Å². The number of imide groups is 1. The highest BCUT2D eigenvalue weighted by Gasteiger charge is 2.25. The molecule has 4 amide bonds. The van der Waals surface area contributed by atoms with E-state index in [0.29, 0.717) is 5.56 Å². The van der Waals surface area contributed by atoms with Crippen LogP contribution in [0.3, 0.4) is 0 Å². The molecule has 274 valence electrons. The molecule has 18 heteroatoms. The zero-order valence-electron chi connectivity index (χ0n) is 28.0. The second-order valence-corrected chi connectivity index (χ2v) is 13.2. The highest BCUT2D eigenvalue weighted by atomic mass is 31.2. The molecule has 1 aliphatic heterocycles. The van der Waals surface area contributed by atoms with Crippen LogP contribution in [-0.4, -0.2) is 107 Å². The molecule has 0 fully saturated rings. The van der Waals surface area contributed by atoms with Gasteiger partial charge in [0.1, 0.15) is 11.4 Å². The average molecular weight is 716 g/mol. The van der Waals surface area contributed by atoms with Crippen molar-refractivity contribution in [2.45, 2.75) is 65.1 Å². The van der Waals surface area contributed by atoms with Gasteiger partial charge in [-0.2, -0.15) is 0 Å². The fraction of sp³-hybridized carbons (Fsp3) is 0.581. The van der Waals surface area contributed by atoms with Crippen molar-refractivity contribution < 1.29 is 66.9 Å². The molecule has 17 nitrogen and oxygen atoms in total. The lowest BCUT2D eigenvalue weighted by atomic mass is 9.95. The highest BCUT2D eigenvalue weighted by Crippen LogP contribution is 2.39. The number of benzene rings is 1. The Kier molecular flexibility index (Phi) is 16.8. The van der Waals surface area contributed by atoms with Crippen LogP contribution in [0, 0.1) is 5.92 Å². The number of carbonyl (C=O) groups excluding carboxylic acids is 4. The molecule has 0 spiro atoms. The molecule has 0 bridgehead atoms. The molecule has 2 atom stereocenters. The van der Waals surface area contributed by atoms with Crippen LogP contribution in [0.2, 0.25) is 0 Å². The third-order valence-corrected chi connectivity index (χ3v) is 7.09. The fourth-order valence-corrected chi connectivity index (χ4v) is 4.83. The molecule has 1 aliphatic rings. The Bertz CT molecular complexity index is 1360. The van der Waals surface area contributed by atoms with Crippen LogP contribution >= 0.6 is 7.82 Å². The molecular weight excluding hydrogens is 669 g/mol. The van der Waals surface area contributed by atoms with Crippen LogP contribution < -0.4 is 15.2 Å². The third kappa shape index (κ3) is 17.4. The largest absolute Gasteiger partial charge is 0.524 e. The molecule has 1 aromatic carbocycles. The number of phosphoric acid groups is 1. The topological polar surface area (TPSA) is 237 Å². The molecular formula is C31H46N3O14P. The van der Waals surface area contributed by atoms with Gasteiger partial charge in [-0.15, -0.1) is 0 Å². The number of carboxylic acid groups (broad SMARTS) is 1. The molecule has 5 N–H and O–H groups in total. The number of rotatable bonds is 22. The number of hydrogen-bond donors (Lipinski definition) is 5. The second kappa shape index (κ2) is 20.0. The zero-order chi connectivity index (χ0) is 36.6. The summed E-state index contributed by atoms with van der Waals surface area (Å²) in [5.41, 5.74) is 0.0297. The maximum absolute atomic E-state index is 12.5. The number of aliphatic carboxylic acids is 1. The predicted octanol–water partition coefficient (Wildman–Crippen LogP) is 1.69. The minimum Gasteiger partial charge on any atom is -0.481 e. The summed E-state index contributed by atoms with van der Waals surface area (Å²) in [6.45, 7) is 7.79. The van der Waals surface area contributed by atoms with Gasteiger partial charge in [-0.1, -0.05) is 19.1 Å². The van der Waals surface area contributed by atoms with Crippen LogP contribution in [0.4, 0.5) is 4.79 Å². The minimum atomic E-state index is -4.94. The number of nitrogens with zero attached hydrogens (tertiary/aromatic N) is 1. The Hall–Kier alpha value is -3.86. The quantitative estimate of drug-likeness (QED) is 0.0653. The number of hydrogen-bond acceptors (Lipinski definition) is 11. The summed E-state index contributed by atoms with van der Waals surface area (Å²) in [5.74, 6) is -3.16. The van der Waals surface area contributed by atoms with Gasteiger partial charge in [0.05, 0.1) is 52.1 Å². The van der Waals surface area contributed by atoms with E-state index in [9.17, 15) is 43.4 Å². The van der Waals surface area contributed by atoms with Crippen molar-refractivity contribution in [3.8, 4) is 5.75 Å². The first-order chi connectivity index (χ1) is 22.9. The monoisotopic (exact) mass is 715 g/mol. The van der Waals surface area contributed by atoms with Gasteiger partial charge in [0.15, 0.2) is 0 Å². The third-order valence-electron chi connectivity index (χ3n) is 6.66. The summed E-state index contributed by atoms with van der Waals surface area (Å²) in [6.07, 6.45) is 1.88. The SMILES string of the molecule is CC(CC(Cc1ccc(OP(=O)(O)O)c(CNC(=O)CCOCCOCCOCCN2C(=O)C=CC2=O)c1)NC(=O)OC(C)(C)C)C(=O)O. The maximum Gasteiger partial charge on any atom is 0.524 e. The lowest BCUT2D eigenvalue weighted by molar-refractivity contribution is -0.141. The average Bonchev–Trinajstić information content (AvgIpc) is 3.30. The summed E-state index contributed by atoms with van der Waals surface area (Å²) >= 11 is 0. The van der Waals surface area contributed by atoms with E-state index in [2.05, 4.69) is 10.6 Å². The minimum absolute atomic E-state index is 0.0186. The van der Waals surface area contributed by atoms with E-state index in [0.717, 1.165) is 4.90 Å². The van der Waals surface area contributed by atoms with E-state index in [1.54, 1.807) is 26.8 Å². The van der Waals surface area contributed by atoms with Gasteiger partial charge < -0.3 is 39.2 Å². The summed E-state index contributed by atoms with van der Waals surface area (Å²) in [7, 11) is -4.94. The summed E-state index contributed by atoms with van der Waals surface area (Å²) < 4.78 is 37.8. The van der Waals surface area contributed by atoms with Crippen molar-refractivity contribution in [3.63, 3.8) is 0 Å². The fourth-order valence-electron chi connectivity index (χ4n) is 4.39. The van der Waals surface area contributed by atoms with Gasteiger partial charge >= 0.3 is 19.9 Å². The number of carboxylic acids is 1. The first-order valence-corrected chi connectivity index (χ1v) is 17.1. The molecule has 49 heavy (non-hydrogen) atoms. The number of nitrogens with one attached hydrogen (secondary N) is 2. The summed E-state index contributed by atoms with van der Waals surface area (Å²) in [4.78, 5) is 79.2. The summed E-state index contributed by atoms with van der Waals surface area (Å²) in [6, 6.07) is 3.72. The van der Waals surface area contributed by atoms with Crippen LogP contribution in [-0.2, 0) is 55.7 Å². The smallest absolute Gasteiger partial charge is 0.481 e. The molecule has 1 heterocycles. The lowest BCUT2D eigenvalue weighted by Gasteiger charge is -2.25. The van der Waals surface area contributed by atoms with E-state index in [4.69, 9.17) is 23.5 Å². The Morgan fingerprint density at radius 2 is 1.53 bits per heavy atom. The van der Waals surface area contributed by atoms with Crippen LogP contribution in [0.5, 0.6) is 5.75 Å². The maximum atomic E-state index is 12.5. The summed E-state index contributed by atoms with van der Waals surface area (Å²) in [5, 5.41) is 14.8. The second-order valence-electron chi connectivity index (χ2n) is 12.1. The van der Waals surface area contributed by atoms with Crippen molar-refractivity contribution in [2.24, 2.45) is 5.92 Å². The first kappa shape index (κ1) is 41.3. The van der Waals surface area contributed by atoms with Gasteiger partial charge in [-0.05, 0) is 45.2 Å². The Labute approximate surface area is 284 Å². The standard InChI is InChI=1S/C31H46N3O14P/c1-21(29(38)39)17-24(33-30(40)47-31(2,3)4)19-22-5-6-25(48-49(41,42)43)23(18-22)20-32-26(35)9-11-44-13-15-46-16-14-45-12-10-34-27(36)7-8-28(34)37/h5-8,18,21,24H,9-17,19-20H2,1-4H3,(H,32,35)(H,33,40)(H,38,39)(H2,41,42,43). The zero-order valence-corrected chi connectivity index (χ0v) is 28.9. The van der Waals surface area contributed by atoms with Gasteiger partial charge in [0.2, 0.25) is 5.91 Å². The van der Waals surface area contributed by atoms with Crippen molar-refractivity contribution in [3.05, 3.63) is 41.5 Å².